The summed E-state index contributed by atoms with van der Waals surface area (Å²) in [5.74, 6) is 1.15. The molecule has 1 saturated heterocycles. The fourth-order valence-electron chi connectivity index (χ4n) is 1.96. The third-order valence-electron chi connectivity index (χ3n) is 2.95. The van der Waals surface area contributed by atoms with Crippen LogP contribution in [0.15, 0.2) is 28.7 Å². The lowest BCUT2D eigenvalue weighted by Crippen LogP contribution is -2.37. The van der Waals surface area contributed by atoms with Gasteiger partial charge in [-0.15, -0.1) is 0 Å². The van der Waals surface area contributed by atoms with Crippen LogP contribution in [0, 0.1) is 5.92 Å². The molecule has 0 radical (unpaired) electrons. The molecule has 0 saturated carbocycles. The number of ether oxygens (including phenoxy) is 1. The highest BCUT2D eigenvalue weighted by atomic mass is 79.9. The summed E-state index contributed by atoms with van der Waals surface area (Å²) in [6.07, 6.45) is 2.85. The molecule has 1 N–H and O–H groups in total. The summed E-state index contributed by atoms with van der Waals surface area (Å²) < 4.78 is 6.65. The van der Waals surface area contributed by atoms with Crippen molar-refractivity contribution >= 4 is 21.8 Å². The largest absolute Gasteiger partial charge is 0.494 e. The SMILES string of the molecule is O=C1NCCCC1CCOc1ccc(Br)cc1. The predicted molar refractivity (Wildman–Crippen MR) is 70.0 cm³/mol. The van der Waals surface area contributed by atoms with E-state index in [1.54, 1.807) is 0 Å². The second kappa shape index (κ2) is 6.05. The summed E-state index contributed by atoms with van der Waals surface area (Å²) in [5, 5.41) is 2.89. The van der Waals surface area contributed by atoms with Crippen molar-refractivity contribution in [2.75, 3.05) is 13.2 Å². The van der Waals surface area contributed by atoms with Gasteiger partial charge in [0.15, 0.2) is 0 Å². The van der Waals surface area contributed by atoms with E-state index in [1.165, 1.54) is 0 Å². The number of nitrogens with one attached hydrogen (secondary N) is 1. The number of piperidine rings is 1. The fraction of sp³-hybridized carbons (Fsp3) is 0.462. The van der Waals surface area contributed by atoms with Crippen molar-refractivity contribution in [1.82, 2.24) is 5.32 Å². The van der Waals surface area contributed by atoms with Gasteiger partial charge < -0.3 is 10.1 Å². The molecule has 17 heavy (non-hydrogen) atoms. The van der Waals surface area contributed by atoms with Crippen molar-refractivity contribution in [3.63, 3.8) is 0 Å². The average molecular weight is 298 g/mol. The van der Waals surface area contributed by atoms with Crippen LogP contribution in [-0.2, 0) is 4.79 Å². The topological polar surface area (TPSA) is 38.3 Å². The summed E-state index contributed by atoms with van der Waals surface area (Å²) in [4.78, 5) is 11.5. The molecule has 0 aromatic heterocycles. The number of amides is 1. The molecule has 0 bridgehead atoms. The Hall–Kier alpha value is -1.03. The minimum Gasteiger partial charge on any atom is -0.494 e. The van der Waals surface area contributed by atoms with Gasteiger partial charge in [-0.1, -0.05) is 15.9 Å². The average Bonchev–Trinajstić information content (AvgIpc) is 2.34. The molecular formula is C13H16BrNO2. The summed E-state index contributed by atoms with van der Waals surface area (Å²) in [6.45, 7) is 1.42. The molecule has 1 aliphatic rings. The zero-order valence-corrected chi connectivity index (χ0v) is 11.2. The first-order valence-electron chi connectivity index (χ1n) is 5.92. The molecule has 1 atom stereocenters. The Kier molecular flexibility index (Phi) is 4.42. The van der Waals surface area contributed by atoms with Crippen LogP contribution in [-0.4, -0.2) is 19.1 Å². The first-order chi connectivity index (χ1) is 8.25. The van der Waals surface area contributed by atoms with Crippen molar-refractivity contribution in [2.45, 2.75) is 19.3 Å². The van der Waals surface area contributed by atoms with E-state index in [1.807, 2.05) is 24.3 Å². The number of carbonyl (C=O) groups excluding carboxylic acids is 1. The Bertz CT molecular complexity index is 378. The first kappa shape index (κ1) is 12.4. The fourth-order valence-corrected chi connectivity index (χ4v) is 2.23. The van der Waals surface area contributed by atoms with Crippen molar-refractivity contribution in [1.29, 1.82) is 0 Å². The standard InChI is InChI=1S/C13H16BrNO2/c14-11-3-5-12(6-4-11)17-9-7-10-2-1-8-15-13(10)16/h3-6,10H,1-2,7-9H2,(H,15,16). The van der Waals surface area contributed by atoms with E-state index in [0.717, 1.165) is 36.0 Å². The zero-order chi connectivity index (χ0) is 12.1. The van der Waals surface area contributed by atoms with Crippen LogP contribution in [0.3, 0.4) is 0 Å². The highest BCUT2D eigenvalue weighted by molar-refractivity contribution is 9.10. The van der Waals surface area contributed by atoms with Crippen LogP contribution in [0.5, 0.6) is 5.75 Å². The van der Waals surface area contributed by atoms with Gasteiger partial charge in [-0.2, -0.15) is 0 Å². The van der Waals surface area contributed by atoms with Gasteiger partial charge in [0.1, 0.15) is 5.75 Å². The molecule has 92 valence electrons. The summed E-state index contributed by atoms with van der Waals surface area (Å²) >= 11 is 3.38. The normalized spacial score (nSPS) is 19.8. The van der Waals surface area contributed by atoms with E-state index in [0.29, 0.717) is 6.61 Å². The zero-order valence-electron chi connectivity index (χ0n) is 9.62. The van der Waals surface area contributed by atoms with Crippen LogP contribution in [0.1, 0.15) is 19.3 Å². The van der Waals surface area contributed by atoms with Gasteiger partial charge in [-0.25, -0.2) is 0 Å². The molecule has 3 nitrogen and oxygen atoms in total. The van der Waals surface area contributed by atoms with Crippen LogP contribution in [0.4, 0.5) is 0 Å². The van der Waals surface area contributed by atoms with Gasteiger partial charge >= 0.3 is 0 Å². The molecule has 0 spiro atoms. The van der Waals surface area contributed by atoms with Crippen LogP contribution >= 0.6 is 15.9 Å². The maximum absolute atomic E-state index is 11.5. The quantitative estimate of drug-likeness (QED) is 0.928. The van der Waals surface area contributed by atoms with E-state index in [4.69, 9.17) is 4.74 Å². The van der Waals surface area contributed by atoms with E-state index >= 15 is 0 Å². The molecule has 2 rings (SSSR count). The minimum absolute atomic E-state index is 0.124. The van der Waals surface area contributed by atoms with Crippen LogP contribution in [0.25, 0.3) is 0 Å². The highest BCUT2D eigenvalue weighted by Crippen LogP contribution is 2.18. The molecule has 1 aromatic rings. The van der Waals surface area contributed by atoms with Crippen molar-refractivity contribution in [2.24, 2.45) is 5.92 Å². The van der Waals surface area contributed by atoms with Gasteiger partial charge in [0.25, 0.3) is 0 Å². The lowest BCUT2D eigenvalue weighted by atomic mass is 9.96. The summed E-state index contributed by atoms with van der Waals surface area (Å²) in [5.41, 5.74) is 0. The third-order valence-corrected chi connectivity index (χ3v) is 3.48. The number of benzene rings is 1. The molecule has 0 aliphatic carbocycles. The minimum atomic E-state index is 0.124. The van der Waals surface area contributed by atoms with Gasteiger partial charge in [-0.3, -0.25) is 4.79 Å². The summed E-state index contributed by atoms with van der Waals surface area (Å²) in [7, 11) is 0. The van der Waals surface area contributed by atoms with E-state index < -0.39 is 0 Å². The number of carbonyl (C=O) groups is 1. The van der Waals surface area contributed by atoms with E-state index in [2.05, 4.69) is 21.2 Å². The molecule has 1 heterocycles. The monoisotopic (exact) mass is 297 g/mol. The van der Waals surface area contributed by atoms with Gasteiger partial charge in [-0.05, 0) is 43.5 Å². The molecule has 1 amide bonds. The molecule has 4 heteroatoms. The lowest BCUT2D eigenvalue weighted by Gasteiger charge is -2.21. The van der Waals surface area contributed by atoms with Gasteiger partial charge in [0.2, 0.25) is 5.91 Å². The highest BCUT2D eigenvalue weighted by Gasteiger charge is 2.21. The van der Waals surface area contributed by atoms with Gasteiger partial charge in [0.05, 0.1) is 6.61 Å². The Morgan fingerprint density at radius 2 is 2.12 bits per heavy atom. The number of hydrogen-bond donors (Lipinski definition) is 1. The Morgan fingerprint density at radius 1 is 1.35 bits per heavy atom. The number of halogens is 1. The van der Waals surface area contributed by atoms with E-state index in [9.17, 15) is 4.79 Å². The lowest BCUT2D eigenvalue weighted by molar-refractivity contribution is -0.127. The maximum atomic E-state index is 11.5. The third kappa shape index (κ3) is 3.73. The summed E-state index contributed by atoms with van der Waals surface area (Å²) in [6, 6.07) is 7.74. The van der Waals surface area contributed by atoms with Crippen LogP contribution < -0.4 is 10.1 Å². The second-order valence-electron chi connectivity index (χ2n) is 4.22. The van der Waals surface area contributed by atoms with Crippen molar-refractivity contribution in [3.05, 3.63) is 28.7 Å². The van der Waals surface area contributed by atoms with Gasteiger partial charge in [0, 0.05) is 16.9 Å². The molecular weight excluding hydrogens is 282 g/mol. The van der Waals surface area contributed by atoms with E-state index in [-0.39, 0.29) is 11.8 Å². The maximum Gasteiger partial charge on any atom is 0.223 e. The Balaban J connectivity index is 1.75. The van der Waals surface area contributed by atoms with Crippen LogP contribution in [0.2, 0.25) is 0 Å². The van der Waals surface area contributed by atoms with Crippen molar-refractivity contribution in [3.8, 4) is 5.75 Å². The molecule has 1 aromatic carbocycles. The predicted octanol–water partition coefficient (Wildman–Crippen LogP) is 2.74. The smallest absolute Gasteiger partial charge is 0.223 e. The molecule has 1 unspecified atom stereocenters. The molecule has 1 fully saturated rings. The molecule has 1 aliphatic heterocycles. The first-order valence-corrected chi connectivity index (χ1v) is 6.71. The Labute approximate surface area is 110 Å². The number of hydrogen-bond acceptors (Lipinski definition) is 2. The Morgan fingerprint density at radius 3 is 2.82 bits per heavy atom. The second-order valence-corrected chi connectivity index (χ2v) is 5.14. The number of rotatable bonds is 4. The van der Waals surface area contributed by atoms with Crippen molar-refractivity contribution < 1.29 is 9.53 Å².